The van der Waals surface area contributed by atoms with Crippen molar-refractivity contribution >= 4 is 15.9 Å². The van der Waals surface area contributed by atoms with Crippen LogP contribution in [-0.4, -0.2) is 37.8 Å². The lowest BCUT2D eigenvalue weighted by molar-refractivity contribution is -0.170. The minimum atomic E-state index is -4.02. The molecule has 30 heavy (non-hydrogen) atoms. The molecule has 1 aromatic carbocycles. The molecule has 0 unspecified atom stereocenters. The van der Waals surface area contributed by atoms with Crippen LogP contribution in [0.3, 0.4) is 0 Å². The molecule has 5 fully saturated rings. The average molecular weight is 437 g/mol. The van der Waals surface area contributed by atoms with Gasteiger partial charge in [-0.25, -0.2) is 0 Å². The Kier molecular flexibility index (Phi) is 5.85. The molecule has 0 aromatic heterocycles. The molecule has 1 N–H and O–H groups in total. The number of hydrogen-bond acceptors (Lipinski definition) is 5. The summed E-state index contributed by atoms with van der Waals surface area (Å²) in [5, 5.41) is 0. The maximum absolute atomic E-state index is 10.8. The number of rotatable bonds is 1. The van der Waals surface area contributed by atoms with Crippen molar-refractivity contribution in [3.63, 3.8) is 0 Å². The van der Waals surface area contributed by atoms with Crippen LogP contribution in [0.4, 0.5) is 0 Å². The predicted molar refractivity (Wildman–Crippen MR) is 111 cm³/mol. The van der Waals surface area contributed by atoms with E-state index in [1.54, 1.807) is 12.1 Å². The summed E-state index contributed by atoms with van der Waals surface area (Å²) in [6, 6.07) is 5.99. The molecule has 166 valence electrons. The molecule has 4 aliphatic carbocycles. The number of aryl methyl sites for hydroxylation is 1. The Hall–Kier alpha value is -1.28. The first-order valence-electron chi connectivity index (χ1n) is 11.0. The highest BCUT2D eigenvalue weighted by Gasteiger charge is 2.66. The Morgan fingerprint density at radius 3 is 2.03 bits per heavy atom. The molecule has 1 heterocycles. The maximum atomic E-state index is 10.8. The van der Waals surface area contributed by atoms with E-state index in [0.717, 1.165) is 61.2 Å². The van der Waals surface area contributed by atoms with Crippen LogP contribution in [0.5, 0.6) is 0 Å². The molecule has 0 bridgehead atoms. The fourth-order valence-corrected chi connectivity index (χ4v) is 6.24. The summed E-state index contributed by atoms with van der Waals surface area (Å²) in [6.07, 6.45) is 4.53. The van der Waals surface area contributed by atoms with Gasteiger partial charge in [-0.1, -0.05) is 31.5 Å². The molecule has 6 nitrogen and oxygen atoms in total. The molecule has 0 radical (unpaired) electrons. The Bertz CT molecular complexity index is 881. The first kappa shape index (κ1) is 21.9. The first-order valence-corrected chi connectivity index (χ1v) is 12.4. The zero-order valence-corrected chi connectivity index (χ0v) is 18.7. The molecular weight excluding hydrogens is 404 g/mol. The topological polar surface area (TPSA) is 89.9 Å². The van der Waals surface area contributed by atoms with Gasteiger partial charge in [-0.3, -0.25) is 9.35 Å². The van der Waals surface area contributed by atoms with Gasteiger partial charge in [0, 0.05) is 24.7 Å². The van der Waals surface area contributed by atoms with Gasteiger partial charge < -0.3 is 9.47 Å². The van der Waals surface area contributed by atoms with E-state index >= 15 is 0 Å². The van der Waals surface area contributed by atoms with Crippen LogP contribution in [0, 0.1) is 42.4 Å². The highest BCUT2D eigenvalue weighted by molar-refractivity contribution is 7.85. The molecule has 5 aliphatic rings. The third kappa shape index (κ3) is 4.22. The summed E-state index contributed by atoms with van der Waals surface area (Å²) < 4.78 is 41.0. The van der Waals surface area contributed by atoms with Gasteiger partial charge in [-0.15, -0.1) is 0 Å². The minimum Gasteiger partial charge on any atom is -0.347 e. The van der Waals surface area contributed by atoms with Gasteiger partial charge in [0.1, 0.15) is 5.78 Å². The fraction of sp³-hybridized carbons (Fsp3) is 0.696. The van der Waals surface area contributed by atoms with E-state index in [4.69, 9.17) is 14.0 Å². The van der Waals surface area contributed by atoms with Gasteiger partial charge in [0.15, 0.2) is 5.79 Å². The van der Waals surface area contributed by atoms with Crippen molar-refractivity contribution in [2.24, 2.45) is 35.5 Å². The molecule has 1 aromatic rings. The summed E-state index contributed by atoms with van der Waals surface area (Å²) in [7, 11) is -4.02. The van der Waals surface area contributed by atoms with Crippen molar-refractivity contribution in [1.29, 1.82) is 0 Å². The van der Waals surface area contributed by atoms with Gasteiger partial charge in [-0.2, -0.15) is 8.42 Å². The van der Waals surface area contributed by atoms with E-state index < -0.39 is 10.1 Å². The average Bonchev–Trinajstić information content (AvgIpc) is 3.25. The van der Waals surface area contributed by atoms with Crippen LogP contribution >= 0.6 is 0 Å². The van der Waals surface area contributed by atoms with Crippen LogP contribution in [0.1, 0.15) is 45.1 Å². The minimum absolute atomic E-state index is 0.0666. The van der Waals surface area contributed by atoms with Crippen LogP contribution in [-0.2, 0) is 24.4 Å². The highest BCUT2D eigenvalue weighted by atomic mass is 32.2. The van der Waals surface area contributed by atoms with Gasteiger partial charge in [0.25, 0.3) is 10.1 Å². The molecule has 1 aliphatic heterocycles. The Morgan fingerprint density at radius 1 is 1.00 bits per heavy atom. The molecular formula is C23H32O6S. The van der Waals surface area contributed by atoms with Crippen molar-refractivity contribution in [1.82, 2.24) is 0 Å². The van der Waals surface area contributed by atoms with E-state index in [0.29, 0.717) is 11.7 Å². The standard InChI is InChI=1S/C9H14O2.C7H8O3S.C7H10O/c1-6-7-2-3-9(8(6)7)10-4-5-11-9;1-6-2-4-7(5-3-6)11(8,9)10;1-4-5-2-3-6(8)7(4)5/h6-8H,2-5H2,1H3;2-5H,1H3,(H,8,9,10);4-5,7H,2-3H2,1H3/t6-,7+,8-;;4-,5+,7-/m0.0/s1. The maximum Gasteiger partial charge on any atom is 0.294 e. The van der Waals surface area contributed by atoms with Crippen molar-refractivity contribution in [3.05, 3.63) is 29.8 Å². The third-order valence-corrected chi connectivity index (χ3v) is 8.52. The zero-order valence-electron chi connectivity index (χ0n) is 17.9. The van der Waals surface area contributed by atoms with E-state index in [1.165, 1.54) is 25.0 Å². The predicted octanol–water partition coefficient (Wildman–Crippen LogP) is 3.88. The summed E-state index contributed by atoms with van der Waals surface area (Å²) in [4.78, 5) is 10.8. The number of ketones is 1. The number of Topliss-reactive ketones (excluding diaryl/α,β-unsaturated/α-hetero) is 1. The molecule has 7 heteroatoms. The number of ether oxygens (including phenoxy) is 2. The molecule has 1 spiro atoms. The van der Waals surface area contributed by atoms with Crippen LogP contribution < -0.4 is 0 Å². The number of fused-ring (bicyclic) bond motifs is 3. The van der Waals surface area contributed by atoms with Crippen molar-refractivity contribution in [2.75, 3.05) is 13.2 Å². The van der Waals surface area contributed by atoms with Gasteiger partial charge in [0.05, 0.1) is 18.1 Å². The van der Waals surface area contributed by atoms with E-state index in [1.807, 2.05) is 6.92 Å². The second-order valence-electron chi connectivity index (χ2n) is 9.44. The Morgan fingerprint density at radius 2 is 1.63 bits per heavy atom. The van der Waals surface area contributed by atoms with Gasteiger partial charge >= 0.3 is 0 Å². The van der Waals surface area contributed by atoms with E-state index in [2.05, 4.69) is 13.8 Å². The zero-order chi connectivity index (χ0) is 21.7. The van der Waals surface area contributed by atoms with Crippen molar-refractivity contribution < 1.29 is 27.2 Å². The highest BCUT2D eigenvalue weighted by Crippen LogP contribution is 2.64. The number of carbonyl (C=O) groups is 1. The molecule has 4 saturated carbocycles. The molecule has 1 saturated heterocycles. The number of hydrogen-bond donors (Lipinski definition) is 1. The normalized spacial score (nSPS) is 36.9. The Labute approximate surface area is 179 Å². The van der Waals surface area contributed by atoms with E-state index in [-0.39, 0.29) is 10.7 Å². The van der Waals surface area contributed by atoms with Gasteiger partial charge in [-0.05, 0) is 55.6 Å². The lowest BCUT2D eigenvalue weighted by atomic mass is 10.1. The summed E-state index contributed by atoms with van der Waals surface area (Å²) in [5.74, 6) is 5.01. The quantitative estimate of drug-likeness (QED) is 0.672. The lowest BCUT2D eigenvalue weighted by Gasteiger charge is -2.24. The first-order chi connectivity index (χ1) is 14.1. The largest absolute Gasteiger partial charge is 0.347 e. The number of benzene rings is 1. The van der Waals surface area contributed by atoms with Crippen LogP contribution in [0.25, 0.3) is 0 Å². The number of carbonyl (C=O) groups excluding carboxylic acids is 1. The second kappa shape index (κ2) is 8.01. The summed E-state index contributed by atoms with van der Waals surface area (Å²) in [5.41, 5.74) is 0.956. The fourth-order valence-electron chi connectivity index (χ4n) is 5.76. The third-order valence-electron chi connectivity index (χ3n) is 7.65. The second-order valence-corrected chi connectivity index (χ2v) is 10.9. The monoisotopic (exact) mass is 436 g/mol. The van der Waals surface area contributed by atoms with Crippen molar-refractivity contribution in [2.45, 2.75) is 57.1 Å². The van der Waals surface area contributed by atoms with Crippen LogP contribution in [0.15, 0.2) is 29.2 Å². The van der Waals surface area contributed by atoms with Gasteiger partial charge in [0.2, 0.25) is 0 Å². The SMILES string of the molecule is C[C@H]1[C@H]2CCC(=O)[C@@H]12.C[C@H]1[C@H]2CCC3(OCCO3)[C@@H]12.Cc1ccc(S(=O)(=O)O)cc1. The van der Waals surface area contributed by atoms with Crippen molar-refractivity contribution in [3.8, 4) is 0 Å². The van der Waals surface area contributed by atoms with E-state index in [9.17, 15) is 13.2 Å². The lowest BCUT2D eigenvalue weighted by Crippen LogP contribution is -2.30. The summed E-state index contributed by atoms with van der Waals surface area (Å²) >= 11 is 0. The molecule has 6 atom stereocenters. The Balaban J connectivity index is 0.000000110. The molecule has 6 rings (SSSR count). The summed E-state index contributed by atoms with van der Waals surface area (Å²) in [6.45, 7) is 7.98. The smallest absolute Gasteiger partial charge is 0.294 e. The molecule has 0 amide bonds. The van der Waals surface area contributed by atoms with Crippen LogP contribution in [0.2, 0.25) is 0 Å².